The van der Waals surface area contributed by atoms with Crippen molar-refractivity contribution in [3.63, 3.8) is 0 Å². The van der Waals surface area contributed by atoms with Crippen LogP contribution in [-0.4, -0.2) is 25.0 Å². The summed E-state index contributed by atoms with van der Waals surface area (Å²) >= 11 is 0. The number of Topliss-reactive ketones (excluding diaryl/α,β-unsaturated/α-hetero) is 1. The fraction of sp³-hybridized carbons (Fsp3) is 0.562. The Kier molecular flexibility index (Phi) is 3.74. The maximum atomic E-state index is 13.7. The van der Waals surface area contributed by atoms with E-state index in [2.05, 4.69) is 5.32 Å². The molecule has 1 N–H and O–H groups in total. The highest BCUT2D eigenvalue weighted by molar-refractivity contribution is 6.00. The summed E-state index contributed by atoms with van der Waals surface area (Å²) in [6, 6.07) is 4.76. The Balaban J connectivity index is 1.74. The lowest BCUT2D eigenvalue weighted by Gasteiger charge is -2.24. The average molecular weight is 277 g/mol. The Labute approximate surface area is 118 Å². The average Bonchev–Trinajstić information content (AvgIpc) is 2.90. The third-order valence-electron chi connectivity index (χ3n) is 4.62. The van der Waals surface area contributed by atoms with Crippen molar-refractivity contribution in [2.45, 2.75) is 44.2 Å². The Morgan fingerprint density at radius 2 is 2.15 bits per heavy atom. The highest BCUT2D eigenvalue weighted by Gasteiger charge is 2.38. The first kappa shape index (κ1) is 13.6. The number of carbonyl (C=O) groups is 1. The lowest BCUT2D eigenvalue weighted by molar-refractivity contribution is 0.0948. The first-order valence-electron chi connectivity index (χ1n) is 7.33. The molecule has 1 aliphatic carbocycles. The lowest BCUT2D eigenvalue weighted by Crippen LogP contribution is -2.37. The smallest absolute Gasteiger partial charge is 0.179 e. The van der Waals surface area contributed by atoms with Crippen LogP contribution >= 0.6 is 0 Å². The van der Waals surface area contributed by atoms with Crippen LogP contribution in [0.1, 0.15) is 42.5 Å². The summed E-state index contributed by atoms with van der Waals surface area (Å²) in [6.07, 6.45) is 5.76. The van der Waals surface area contributed by atoms with Crippen molar-refractivity contribution < 1.29 is 13.9 Å². The van der Waals surface area contributed by atoms with Crippen molar-refractivity contribution in [2.24, 2.45) is 5.92 Å². The van der Waals surface area contributed by atoms with Gasteiger partial charge in [0.1, 0.15) is 0 Å². The van der Waals surface area contributed by atoms with Crippen LogP contribution in [0.5, 0.6) is 5.75 Å². The van der Waals surface area contributed by atoms with E-state index in [-0.39, 0.29) is 17.6 Å². The molecule has 2 aliphatic rings. The van der Waals surface area contributed by atoms with Crippen molar-refractivity contribution in [3.05, 3.63) is 29.6 Å². The van der Waals surface area contributed by atoms with E-state index in [1.165, 1.54) is 38.5 Å². The molecule has 2 fully saturated rings. The molecule has 20 heavy (non-hydrogen) atoms. The maximum absolute atomic E-state index is 13.7. The molecule has 1 aliphatic heterocycles. The second kappa shape index (κ2) is 5.52. The van der Waals surface area contributed by atoms with Crippen LogP contribution in [0.25, 0.3) is 0 Å². The summed E-state index contributed by atoms with van der Waals surface area (Å²) < 4.78 is 18.6. The molecule has 1 heterocycles. The SMILES string of the molecule is COc1ccc(C(=O)C2CC3CCCCC3N2)cc1F. The molecule has 0 amide bonds. The van der Waals surface area contributed by atoms with Crippen molar-refractivity contribution in [3.8, 4) is 5.75 Å². The van der Waals surface area contributed by atoms with Gasteiger partial charge in [-0.05, 0) is 43.4 Å². The van der Waals surface area contributed by atoms with Crippen LogP contribution in [0, 0.1) is 11.7 Å². The van der Waals surface area contributed by atoms with Crippen LogP contribution in [0.4, 0.5) is 4.39 Å². The Hall–Kier alpha value is -1.42. The normalized spacial score (nSPS) is 29.0. The molecule has 1 saturated carbocycles. The van der Waals surface area contributed by atoms with E-state index in [9.17, 15) is 9.18 Å². The number of ketones is 1. The molecule has 4 heteroatoms. The highest BCUT2D eigenvalue weighted by Crippen LogP contribution is 2.34. The number of methoxy groups -OCH3 is 1. The molecule has 1 saturated heterocycles. The zero-order valence-corrected chi connectivity index (χ0v) is 11.7. The Bertz CT molecular complexity index is 503. The van der Waals surface area contributed by atoms with E-state index in [0.717, 1.165) is 12.8 Å². The molecule has 3 rings (SSSR count). The topological polar surface area (TPSA) is 38.3 Å². The summed E-state index contributed by atoms with van der Waals surface area (Å²) in [5.41, 5.74) is 0.430. The molecular formula is C16H20FNO2. The number of nitrogens with one attached hydrogen (secondary N) is 1. The van der Waals surface area contributed by atoms with Gasteiger partial charge in [-0.15, -0.1) is 0 Å². The van der Waals surface area contributed by atoms with Crippen molar-refractivity contribution in [2.75, 3.05) is 7.11 Å². The van der Waals surface area contributed by atoms with E-state index in [4.69, 9.17) is 4.74 Å². The number of ether oxygens (including phenoxy) is 1. The van der Waals surface area contributed by atoms with E-state index in [1.807, 2.05) is 0 Å². The van der Waals surface area contributed by atoms with Crippen LogP contribution in [0.2, 0.25) is 0 Å². The predicted octanol–water partition coefficient (Wildman–Crippen LogP) is 2.94. The number of carbonyl (C=O) groups excluding carboxylic acids is 1. The lowest BCUT2D eigenvalue weighted by atomic mass is 9.84. The van der Waals surface area contributed by atoms with Gasteiger partial charge >= 0.3 is 0 Å². The largest absolute Gasteiger partial charge is 0.494 e. The minimum absolute atomic E-state index is 0.000882. The summed E-state index contributed by atoms with van der Waals surface area (Å²) in [7, 11) is 1.42. The van der Waals surface area contributed by atoms with Crippen LogP contribution < -0.4 is 10.1 Å². The summed E-state index contributed by atoms with van der Waals surface area (Å²) in [6.45, 7) is 0. The highest BCUT2D eigenvalue weighted by atomic mass is 19.1. The third-order valence-corrected chi connectivity index (χ3v) is 4.62. The van der Waals surface area contributed by atoms with Crippen LogP contribution in [0.3, 0.4) is 0 Å². The van der Waals surface area contributed by atoms with Crippen LogP contribution in [-0.2, 0) is 0 Å². The Morgan fingerprint density at radius 3 is 2.85 bits per heavy atom. The van der Waals surface area contributed by atoms with E-state index < -0.39 is 5.82 Å². The molecule has 1 aromatic rings. The minimum atomic E-state index is -0.478. The van der Waals surface area contributed by atoms with E-state index in [1.54, 1.807) is 6.07 Å². The number of hydrogen-bond acceptors (Lipinski definition) is 3. The first-order chi connectivity index (χ1) is 9.69. The van der Waals surface area contributed by atoms with Crippen molar-refractivity contribution in [1.29, 1.82) is 0 Å². The van der Waals surface area contributed by atoms with Gasteiger partial charge < -0.3 is 10.1 Å². The number of benzene rings is 1. The van der Waals surface area contributed by atoms with Gasteiger partial charge in [-0.3, -0.25) is 4.79 Å². The van der Waals surface area contributed by atoms with Gasteiger partial charge in [-0.2, -0.15) is 0 Å². The zero-order valence-electron chi connectivity index (χ0n) is 11.7. The number of fused-ring (bicyclic) bond motifs is 1. The molecule has 0 spiro atoms. The predicted molar refractivity (Wildman–Crippen MR) is 74.6 cm³/mol. The molecule has 0 radical (unpaired) electrons. The molecule has 3 nitrogen and oxygen atoms in total. The number of hydrogen-bond donors (Lipinski definition) is 1. The first-order valence-corrected chi connectivity index (χ1v) is 7.33. The molecular weight excluding hydrogens is 257 g/mol. The number of halogens is 1. The zero-order chi connectivity index (χ0) is 14.1. The summed E-state index contributed by atoms with van der Waals surface area (Å²) in [5, 5.41) is 3.44. The van der Waals surface area contributed by atoms with Gasteiger partial charge in [0.25, 0.3) is 0 Å². The second-order valence-electron chi connectivity index (χ2n) is 5.82. The minimum Gasteiger partial charge on any atom is -0.494 e. The number of rotatable bonds is 3. The molecule has 1 aromatic carbocycles. The maximum Gasteiger partial charge on any atom is 0.179 e. The quantitative estimate of drug-likeness (QED) is 0.863. The van der Waals surface area contributed by atoms with Crippen molar-refractivity contribution >= 4 is 5.78 Å². The van der Waals surface area contributed by atoms with Gasteiger partial charge in [0.05, 0.1) is 13.2 Å². The summed E-state index contributed by atoms with van der Waals surface area (Å²) in [5.74, 6) is 0.310. The van der Waals surface area contributed by atoms with Gasteiger partial charge in [0.15, 0.2) is 17.3 Å². The standard InChI is InChI=1S/C16H20FNO2/c1-20-15-7-6-11(8-12(15)17)16(19)14-9-10-4-2-3-5-13(10)18-14/h6-8,10,13-14,18H,2-5,9H2,1H3. The van der Waals surface area contributed by atoms with Gasteiger partial charge in [-0.25, -0.2) is 4.39 Å². The van der Waals surface area contributed by atoms with E-state index >= 15 is 0 Å². The fourth-order valence-electron chi connectivity index (χ4n) is 3.54. The van der Waals surface area contributed by atoms with Crippen LogP contribution in [0.15, 0.2) is 18.2 Å². The monoisotopic (exact) mass is 277 g/mol. The molecule has 0 aromatic heterocycles. The Morgan fingerprint density at radius 1 is 1.35 bits per heavy atom. The van der Waals surface area contributed by atoms with Gasteiger partial charge in [-0.1, -0.05) is 12.8 Å². The molecule has 0 bridgehead atoms. The molecule has 3 unspecified atom stereocenters. The third kappa shape index (κ3) is 2.44. The van der Waals surface area contributed by atoms with Gasteiger partial charge in [0, 0.05) is 11.6 Å². The molecule has 108 valence electrons. The fourth-order valence-corrected chi connectivity index (χ4v) is 3.54. The molecule has 3 atom stereocenters. The van der Waals surface area contributed by atoms with Gasteiger partial charge in [0.2, 0.25) is 0 Å². The summed E-state index contributed by atoms with van der Waals surface area (Å²) in [4.78, 5) is 12.5. The van der Waals surface area contributed by atoms with E-state index in [0.29, 0.717) is 17.5 Å². The second-order valence-corrected chi connectivity index (χ2v) is 5.82. The van der Waals surface area contributed by atoms with Crippen molar-refractivity contribution in [1.82, 2.24) is 5.32 Å².